The molecule has 0 aliphatic carbocycles. The van der Waals surface area contributed by atoms with E-state index in [9.17, 15) is 15.0 Å². The van der Waals surface area contributed by atoms with Crippen LogP contribution in [0.4, 0.5) is 0 Å². The van der Waals surface area contributed by atoms with Crippen LogP contribution in [0, 0.1) is 0 Å². The lowest BCUT2D eigenvalue weighted by atomic mass is 10.0. The predicted octanol–water partition coefficient (Wildman–Crippen LogP) is 12.1. The van der Waals surface area contributed by atoms with Gasteiger partial charge in [-0.25, -0.2) is 0 Å². The van der Waals surface area contributed by atoms with Crippen LogP contribution < -0.4 is 5.32 Å². The average molecular weight is 634 g/mol. The van der Waals surface area contributed by atoms with E-state index in [4.69, 9.17) is 0 Å². The molecular formula is C41H79NO3. The number of carbonyl (C=O) groups excluding carboxylic acids is 1. The van der Waals surface area contributed by atoms with Crippen LogP contribution in [-0.2, 0) is 4.79 Å². The molecule has 0 aromatic rings. The zero-order chi connectivity index (χ0) is 32.9. The van der Waals surface area contributed by atoms with Crippen molar-refractivity contribution in [3.05, 3.63) is 24.3 Å². The molecule has 3 N–H and O–H groups in total. The summed E-state index contributed by atoms with van der Waals surface area (Å²) >= 11 is 0. The van der Waals surface area contributed by atoms with Gasteiger partial charge in [0.1, 0.15) is 0 Å². The highest BCUT2D eigenvalue weighted by Crippen LogP contribution is 2.14. The Morgan fingerprint density at radius 1 is 0.511 bits per heavy atom. The first-order chi connectivity index (χ1) is 22.2. The molecule has 0 saturated heterocycles. The van der Waals surface area contributed by atoms with Crippen molar-refractivity contribution in [2.24, 2.45) is 0 Å². The van der Waals surface area contributed by atoms with E-state index in [1.54, 1.807) is 6.08 Å². The largest absolute Gasteiger partial charge is 0.394 e. The van der Waals surface area contributed by atoms with Crippen LogP contribution in [0.5, 0.6) is 0 Å². The molecule has 0 spiro atoms. The molecule has 0 aromatic heterocycles. The van der Waals surface area contributed by atoms with Crippen molar-refractivity contribution in [2.75, 3.05) is 6.61 Å². The normalized spacial score (nSPS) is 13.2. The first kappa shape index (κ1) is 43.9. The van der Waals surface area contributed by atoms with Crippen molar-refractivity contribution in [2.45, 2.75) is 225 Å². The van der Waals surface area contributed by atoms with E-state index >= 15 is 0 Å². The zero-order valence-electron chi connectivity index (χ0n) is 30.4. The van der Waals surface area contributed by atoms with E-state index < -0.39 is 12.1 Å². The van der Waals surface area contributed by atoms with E-state index in [0.29, 0.717) is 6.42 Å². The lowest BCUT2D eigenvalue weighted by Gasteiger charge is -2.20. The van der Waals surface area contributed by atoms with Crippen molar-refractivity contribution >= 4 is 5.91 Å². The highest BCUT2D eigenvalue weighted by atomic mass is 16.3. The summed E-state index contributed by atoms with van der Waals surface area (Å²) in [6.07, 6.45) is 47.1. The fraction of sp³-hybridized carbons (Fsp3) is 0.878. The molecular weight excluding hydrogens is 554 g/mol. The van der Waals surface area contributed by atoms with Crippen LogP contribution in [-0.4, -0.2) is 34.9 Å². The van der Waals surface area contributed by atoms with Gasteiger partial charge in [0, 0.05) is 6.42 Å². The zero-order valence-corrected chi connectivity index (χ0v) is 30.4. The van der Waals surface area contributed by atoms with Crippen molar-refractivity contribution in [1.29, 1.82) is 0 Å². The van der Waals surface area contributed by atoms with Crippen LogP contribution in [0.1, 0.15) is 213 Å². The molecule has 0 radical (unpaired) electrons. The van der Waals surface area contributed by atoms with Crippen LogP contribution in [0.3, 0.4) is 0 Å². The van der Waals surface area contributed by atoms with Gasteiger partial charge in [0.15, 0.2) is 0 Å². The second-order valence-corrected chi connectivity index (χ2v) is 13.7. The van der Waals surface area contributed by atoms with Crippen molar-refractivity contribution in [3.63, 3.8) is 0 Å². The maximum Gasteiger partial charge on any atom is 0.220 e. The number of amides is 1. The van der Waals surface area contributed by atoms with Crippen molar-refractivity contribution < 1.29 is 15.0 Å². The number of allylic oxidation sites excluding steroid dienone is 3. The van der Waals surface area contributed by atoms with Gasteiger partial charge in [-0.15, -0.1) is 0 Å². The molecule has 0 aliphatic heterocycles. The Hall–Kier alpha value is -1.13. The van der Waals surface area contributed by atoms with Crippen LogP contribution in [0.2, 0.25) is 0 Å². The smallest absolute Gasteiger partial charge is 0.220 e. The summed E-state index contributed by atoms with van der Waals surface area (Å²) in [5.74, 6) is -0.0661. The second kappa shape index (κ2) is 37.3. The first-order valence-corrected chi connectivity index (χ1v) is 20.1. The molecule has 0 aromatic carbocycles. The first-order valence-electron chi connectivity index (χ1n) is 20.1. The minimum Gasteiger partial charge on any atom is -0.394 e. The molecule has 0 fully saturated rings. The Kier molecular flexibility index (Phi) is 36.4. The Balaban J connectivity index is 3.51. The molecule has 4 nitrogen and oxygen atoms in total. The van der Waals surface area contributed by atoms with Gasteiger partial charge in [-0.1, -0.05) is 186 Å². The van der Waals surface area contributed by atoms with E-state index in [1.165, 1.54) is 167 Å². The molecule has 0 aliphatic rings. The molecule has 0 saturated carbocycles. The van der Waals surface area contributed by atoms with E-state index in [-0.39, 0.29) is 12.5 Å². The molecule has 2 atom stereocenters. The van der Waals surface area contributed by atoms with Gasteiger partial charge in [-0.05, 0) is 44.9 Å². The Morgan fingerprint density at radius 2 is 0.844 bits per heavy atom. The lowest BCUT2D eigenvalue weighted by Crippen LogP contribution is -2.45. The number of aliphatic hydroxyl groups is 2. The van der Waals surface area contributed by atoms with Gasteiger partial charge in [-0.2, -0.15) is 0 Å². The Morgan fingerprint density at radius 3 is 1.22 bits per heavy atom. The molecule has 0 bridgehead atoms. The van der Waals surface area contributed by atoms with Crippen LogP contribution in [0.25, 0.3) is 0 Å². The number of aliphatic hydroxyl groups excluding tert-OH is 2. The highest BCUT2D eigenvalue weighted by Gasteiger charge is 2.17. The van der Waals surface area contributed by atoms with E-state index in [2.05, 4.69) is 31.3 Å². The third-order valence-corrected chi connectivity index (χ3v) is 9.18. The minimum absolute atomic E-state index is 0.0661. The number of hydrogen-bond donors (Lipinski definition) is 3. The van der Waals surface area contributed by atoms with E-state index in [1.807, 2.05) is 6.08 Å². The number of nitrogens with one attached hydrogen (secondary N) is 1. The Bertz CT molecular complexity index is 647. The molecule has 0 heterocycles. The van der Waals surface area contributed by atoms with Crippen molar-refractivity contribution in [1.82, 2.24) is 5.32 Å². The van der Waals surface area contributed by atoms with Gasteiger partial charge < -0.3 is 15.5 Å². The standard InChI is InChI=1S/C41H79NO3/c1-3-5-7-9-11-13-15-16-17-18-19-20-21-22-23-24-25-26-27-29-31-33-35-37-41(45)42-39(38-43)40(44)36-34-32-30-28-14-12-10-8-6-4-2/h18-19,34,36,39-40,43-44H,3-17,20-33,35,37-38H2,1-2H3,(H,42,45)/b19-18-,36-34+. The maximum absolute atomic E-state index is 12.3. The summed E-state index contributed by atoms with van der Waals surface area (Å²) in [5.41, 5.74) is 0. The van der Waals surface area contributed by atoms with Gasteiger partial charge in [-0.3, -0.25) is 4.79 Å². The maximum atomic E-state index is 12.3. The minimum atomic E-state index is -0.834. The molecule has 266 valence electrons. The summed E-state index contributed by atoms with van der Waals surface area (Å²) in [4.78, 5) is 12.3. The summed E-state index contributed by atoms with van der Waals surface area (Å²) in [6.45, 7) is 4.29. The van der Waals surface area contributed by atoms with Gasteiger partial charge in [0.05, 0.1) is 18.8 Å². The van der Waals surface area contributed by atoms with Crippen molar-refractivity contribution in [3.8, 4) is 0 Å². The van der Waals surface area contributed by atoms with Crippen LogP contribution >= 0.6 is 0 Å². The predicted molar refractivity (Wildman–Crippen MR) is 198 cm³/mol. The summed E-state index contributed by atoms with van der Waals surface area (Å²) < 4.78 is 0. The number of rotatable bonds is 36. The number of carbonyl (C=O) groups is 1. The van der Waals surface area contributed by atoms with Gasteiger partial charge >= 0.3 is 0 Å². The third-order valence-electron chi connectivity index (χ3n) is 9.18. The summed E-state index contributed by atoms with van der Waals surface area (Å²) in [5, 5.41) is 22.8. The quantitative estimate of drug-likeness (QED) is 0.0475. The average Bonchev–Trinajstić information content (AvgIpc) is 3.04. The monoisotopic (exact) mass is 634 g/mol. The summed E-state index contributed by atoms with van der Waals surface area (Å²) in [6, 6.07) is -0.617. The van der Waals surface area contributed by atoms with Crippen LogP contribution in [0.15, 0.2) is 24.3 Å². The summed E-state index contributed by atoms with van der Waals surface area (Å²) in [7, 11) is 0. The van der Waals surface area contributed by atoms with Gasteiger partial charge in [0.2, 0.25) is 5.91 Å². The lowest BCUT2D eigenvalue weighted by molar-refractivity contribution is -0.123. The molecule has 2 unspecified atom stereocenters. The fourth-order valence-electron chi connectivity index (χ4n) is 6.05. The Labute approximate surface area is 281 Å². The SMILES string of the molecule is CCCCCCCCCC/C=C\CCCCCCCCCCCCCC(=O)NC(CO)C(O)/C=C/CCCCCCCCCC. The van der Waals surface area contributed by atoms with Gasteiger partial charge in [0.25, 0.3) is 0 Å². The molecule has 4 heteroatoms. The number of hydrogen-bond acceptors (Lipinski definition) is 3. The molecule has 1 amide bonds. The van der Waals surface area contributed by atoms with E-state index in [0.717, 1.165) is 25.7 Å². The third kappa shape index (κ3) is 34.0. The molecule has 0 rings (SSSR count). The fourth-order valence-corrected chi connectivity index (χ4v) is 6.05. The molecule has 45 heavy (non-hydrogen) atoms. The topological polar surface area (TPSA) is 69.6 Å². The number of unbranched alkanes of at least 4 members (excludes halogenated alkanes) is 27. The second-order valence-electron chi connectivity index (χ2n) is 13.7. The highest BCUT2D eigenvalue weighted by molar-refractivity contribution is 5.76.